The van der Waals surface area contributed by atoms with Gasteiger partial charge >= 0.3 is 0 Å². The van der Waals surface area contributed by atoms with Crippen molar-refractivity contribution < 1.29 is 4.79 Å². The highest BCUT2D eigenvalue weighted by molar-refractivity contribution is 8.00. The van der Waals surface area contributed by atoms with E-state index in [0.29, 0.717) is 22.2 Å². The molecule has 2 heterocycles. The molecular formula is C16H23N3O2S2. The second-order valence-corrected chi connectivity index (χ2v) is 8.75. The van der Waals surface area contributed by atoms with Gasteiger partial charge in [-0.25, -0.2) is 4.98 Å². The van der Waals surface area contributed by atoms with Crippen molar-refractivity contribution in [3.8, 4) is 0 Å². The van der Waals surface area contributed by atoms with Gasteiger partial charge in [-0.1, -0.05) is 37.9 Å². The molecule has 1 fully saturated rings. The molecule has 3 rings (SSSR count). The van der Waals surface area contributed by atoms with Gasteiger partial charge in [0, 0.05) is 24.8 Å². The number of hydrogen-bond donors (Lipinski definition) is 1. The van der Waals surface area contributed by atoms with Crippen LogP contribution in [-0.2, 0) is 18.3 Å². The number of rotatable bonds is 4. The summed E-state index contributed by atoms with van der Waals surface area (Å²) in [5, 5.41) is 4.15. The van der Waals surface area contributed by atoms with E-state index in [-0.39, 0.29) is 11.5 Å². The summed E-state index contributed by atoms with van der Waals surface area (Å²) in [4.78, 5) is 29.9. The molecule has 1 amide bonds. The zero-order valence-electron chi connectivity index (χ0n) is 13.6. The van der Waals surface area contributed by atoms with Gasteiger partial charge in [0.1, 0.15) is 0 Å². The van der Waals surface area contributed by atoms with E-state index in [9.17, 15) is 9.59 Å². The molecule has 1 aliphatic heterocycles. The van der Waals surface area contributed by atoms with E-state index < -0.39 is 0 Å². The summed E-state index contributed by atoms with van der Waals surface area (Å²) in [5.41, 5.74) is 0.903. The molecule has 126 valence electrons. The molecule has 0 radical (unpaired) electrons. The first kappa shape index (κ1) is 16.9. The first-order valence-corrected chi connectivity index (χ1v) is 10.1. The normalized spacial score (nSPS) is 21.2. The van der Waals surface area contributed by atoms with Gasteiger partial charge in [0.2, 0.25) is 5.91 Å². The highest BCUT2D eigenvalue weighted by Crippen LogP contribution is 2.33. The van der Waals surface area contributed by atoms with Crippen molar-refractivity contribution in [2.45, 2.75) is 66.8 Å². The highest BCUT2D eigenvalue weighted by Gasteiger charge is 2.25. The Morgan fingerprint density at radius 3 is 2.87 bits per heavy atom. The zero-order valence-corrected chi connectivity index (χ0v) is 15.3. The zero-order chi connectivity index (χ0) is 16.4. The molecule has 23 heavy (non-hydrogen) atoms. The van der Waals surface area contributed by atoms with E-state index in [1.165, 1.54) is 31.0 Å². The lowest BCUT2D eigenvalue weighted by Gasteiger charge is -2.22. The molecule has 1 N–H and O–H groups in total. The van der Waals surface area contributed by atoms with Crippen LogP contribution >= 0.6 is 23.5 Å². The number of nitrogens with zero attached hydrogens (tertiary/aromatic N) is 2. The Labute approximate surface area is 145 Å². The molecular weight excluding hydrogens is 330 g/mol. The van der Waals surface area contributed by atoms with Crippen LogP contribution in [0, 0.1) is 0 Å². The Morgan fingerprint density at radius 1 is 1.39 bits per heavy atom. The molecule has 0 unspecified atom stereocenters. The number of carbonyl (C=O) groups is 1. The number of carbonyl (C=O) groups excluding carboxylic acids is 1. The Morgan fingerprint density at radius 2 is 2.13 bits per heavy atom. The number of nitrogens with one attached hydrogen (secondary N) is 1. The first-order valence-electron chi connectivity index (χ1n) is 8.23. The molecule has 2 aliphatic rings. The van der Waals surface area contributed by atoms with Crippen LogP contribution in [0.3, 0.4) is 0 Å². The topological polar surface area (TPSA) is 64.0 Å². The van der Waals surface area contributed by atoms with Crippen molar-refractivity contribution in [1.82, 2.24) is 14.9 Å². The van der Waals surface area contributed by atoms with Crippen molar-refractivity contribution >= 4 is 29.4 Å². The average molecular weight is 354 g/mol. The van der Waals surface area contributed by atoms with E-state index in [1.807, 2.05) is 0 Å². The van der Waals surface area contributed by atoms with Gasteiger partial charge in [0.05, 0.1) is 16.3 Å². The van der Waals surface area contributed by atoms with Gasteiger partial charge in [-0.05, 0) is 12.8 Å². The van der Waals surface area contributed by atoms with Crippen LogP contribution in [0.2, 0.25) is 0 Å². The van der Waals surface area contributed by atoms with E-state index in [1.54, 1.807) is 23.4 Å². The standard InChI is InChI=1S/C16H23N3O2S2/c1-10-8-12-14(23-10)15(21)19(2)16(18-12)22-9-13(20)17-11-6-4-3-5-7-11/h10-11H,3-9H2,1-2H3,(H,17,20)/t10-/m1/s1. The minimum Gasteiger partial charge on any atom is -0.353 e. The Bertz CT molecular complexity index is 653. The van der Waals surface area contributed by atoms with Crippen LogP contribution in [0.5, 0.6) is 0 Å². The SMILES string of the molecule is C[C@@H]1Cc2nc(SCC(=O)NC3CCCCC3)n(C)c(=O)c2S1. The molecule has 1 aliphatic carbocycles. The predicted octanol–water partition coefficient (Wildman–Crippen LogP) is 2.36. The minimum atomic E-state index is 0.0135. The molecule has 0 bridgehead atoms. The first-order chi connectivity index (χ1) is 11.0. The van der Waals surface area contributed by atoms with Crippen molar-refractivity contribution in [2.75, 3.05) is 5.75 Å². The smallest absolute Gasteiger partial charge is 0.267 e. The van der Waals surface area contributed by atoms with Crippen LogP contribution in [0.1, 0.15) is 44.7 Å². The molecule has 1 saturated carbocycles. The summed E-state index contributed by atoms with van der Waals surface area (Å²) in [7, 11) is 1.74. The lowest BCUT2D eigenvalue weighted by atomic mass is 9.95. The maximum atomic E-state index is 12.4. The largest absolute Gasteiger partial charge is 0.353 e. The molecule has 1 aromatic rings. The number of amides is 1. The second-order valence-electron chi connectivity index (χ2n) is 6.36. The van der Waals surface area contributed by atoms with E-state index in [2.05, 4.69) is 17.2 Å². The minimum absolute atomic E-state index is 0.0135. The monoisotopic (exact) mass is 353 g/mol. The third-order valence-electron chi connectivity index (χ3n) is 4.38. The molecule has 0 aromatic carbocycles. The summed E-state index contributed by atoms with van der Waals surface area (Å²) >= 11 is 2.96. The van der Waals surface area contributed by atoms with Crippen LogP contribution in [0.4, 0.5) is 0 Å². The van der Waals surface area contributed by atoms with Gasteiger partial charge in [-0.2, -0.15) is 0 Å². The van der Waals surface area contributed by atoms with Gasteiger partial charge in [0.15, 0.2) is 5.16 Å². The molecule has 1 aromatic heterocycles. The number of thioether (sulfide) groups is 2. The fraction of sp³-hybridized carbons (Fsp3) is 0.688. The van der Waals surface area contributed by atoms with Crippen molar-refractivity contribution in [3.05, 3.63) is 16.0 Å². The number of hydrogen-bond acceptors (Lipinski definition) is 5. The molecule has 1 atom stereocenters. The fourth-order valence-corrected chi connectivity index (χ4v) is 5.09. The predicted molar refractivity (Wildman–Crippen MR) is 94.2 cm³/mol. The highest BCUT2D eigenvalue weighted by atomic mass is 32.2. The van der Waals surface area contributed by atoms with Gasteiger partial charge in [-0.15, -0.1) is 11.8 Å². The lowest BCUT2D eigenvalue weighted by Crippen LogP contribution is -2.37. The number of aromatic nitrogens is 2. The summed E-state index contributed by atoms with van der Waals surface area (Å²) in [5.74, 6) is 0.359. The fourth-order valence-electron chi connectivity index (χ4n) is 3.15. The summed E-state index contributed by atoms with van der Waals surface area (Å²) in [6.45, 7) is 2.11. The average Bonchev–Trinajstić information content (AvgIpc) is 2.91. The maximum Gasteiger partial charge on any atom is 0.267 e. The third kappa shape index (κ3) is 3.94. The molecule has 7 heteroatoms. The molecule has 5 nitrogen and oxygen atoms in total. The Hall–Kier alpha value is -0.950. The second kappa shape index (κ2) is 7.30. The van der Waals surface area contributed by atoms with E-state index in [4.69, 9.17) is 0 Å². The van der Waals surface area contributed by atoms with Crippen molar-refractivity contribution in [1.29, 1.82) is 0 Å². The van der Waals surface area contributed by atoms with Crippen molar-refractivity contribution in [3.63, 3.8) is 0 Å². The van der Waals surface area contributed by atoms with Crippen LogP contribution in [0.15, 0.2) is 14.8 Å². The number of fused-ring (bicyclic) bond motifs is 1. The Kier molecular flexibility index (Phi) is 5.36. The molecule has 0 saturated heterocycles. The van der Waals surface area contributed by atoms with Crippen LogP contribution < -0.4 is 10.9 Å². The Balaban J connectivity index is 1.62. The molecule has 0 spiro atoms. The van der Waals surface area contributed by atoms with Crippen LogP contribution in [-0.4, -0.2) is 32.5 Å². The van der Waals surface area contributed by atoms with Gasteiger partial charge in [0.25, 0.3) is 5.56 Å². The van der Waals surface area contributed by atoms with Gasteiger partial charge in [-0.3, -0.25) is 14.2 Å². The quantitative estimate of drug-likeness (QED) is 0.665. The van der Waals surface area contributed by atoms with Crippen LogP contribution in [0.25, 0.3) is 0 Å². The third-order valence-corrected chi connectivity index (χ3v) is 6.63. The summed E-state index contributed by atoms with van der Waals surface area (Å²) in [6, 6.07) is 0.325. The summed E-state index contributed by atoms with van der Waals surface area (Å²) < 4.78 is 1.57. The maximum absolute atomic E-state index is 12.4. The summed E-state index contributed by atoms with van der Waals surface area (Å²) in [6.07, 6.45) is 6.68. The lowest BCUT2D eigenvalue weighted by molar-refractivity contribution is -0.119. The van der Waals surface area contributed by atoms with E-state index >= 15 is 0 Å². The van der Waals surface area contributed by atoms with Gasteiger partial charge < -0.3 is 5.32 Å². The van der Waals surface area contributed by atoms with Crippen molar-refractivity contribution in [2.24, 2.45) is 7.05 Å². The van der Waals surface area contributed by atoms with E-state index in [0.717, 1.165) is 29.9 Å².